The van der Waals surface area contributed by atoms with Crippen LogP contribution in [0.1, 0.15) is 71.1 Å². The van der Waals surface area contributed by atoms with E-state index >= 15 is 0 Å². The number of aliphatic hydroxyl groups is 2. The first-order valence-corrected chi connectivity index (χ1v) is 9.83. The van der Waals surface area contributed by atoms with Gasteiger partial charge in [-0.2, -0.15) is 0 Å². The summed E-state index contributed by atoms with van der Waals surface area (Å²) >= 11 is 0. The first kappa shape index (κ1) is 22.6. The Kier molecular flexibility index (Phi) is 11.1. The van der Waals surface area contributed by atoms with Crippen LogP contribution in [0.3, 0.4) is 0 Å². The molecule has 0 aromatic carbocycles. The Hall–Kier alpha value is -1.46. The molecular formula is C21H34O5. The van der Waals surface area contributed by atoms with Gasteiger partial charge in [-0.3, -0.25) is 4.79 Å². The number of hydrogen-bond donors (Lipinski definition) is 3. The number of carboxylic acid groups (broad SMARTS) is 1. The number of allylic oxidation sites excluding steroid dienone is 3. The van der Waals surface area contributed by atoms with Gasteiger partial charge in [0.15, 0.2) is 6.10 Å². The highest BCUT2D eigenvalue weighted by molar-refractivity contribution is 5.83. The van der Waals surface area contributed by atoms with Gasteiger partial charge in [0, 0.05) is 12.3 Å². The summed E-state index contributed by atoms with van der Waals surface area (Å²) in [6.07, 6.45) is 13.7. The quantitative estimate of drug-likeness (QED) is 0.342. The minimum atomic E-state index is -1.28. The molecular weight excluding hydrogens is 332 g/mol. The SMILES string of the molecule is CC=CCC(O)CCC[C@H]1CCC(=O)[C@@H]1CC=CCCCC(O)C(=O)O. The van der Waals surface area contributed by atoms with Crippen LogP contribution >= 0.6 is 0 Å². The summed E-state index contributed by atoms with van der Waals surface area (Å²) in [5, 5.41) is 27.7. The second-order valence-electron chi connectivity index (χ2n) is 7.25. The number of rotatable bonds is 13. The topological polar surface area (TPSA) is 94.8 Å². The van der Waals surface area contributed by atoms with Gasteiger partial charge in [0.1, 0.15) is 5.78 Å². The molecule has 0 spiro atoms. The van der Waals surface area contributed by atoms with Gasteiger partial charge in [-0.1, -0.05) is 30.7 Å². The molecule has 5 nitrogen and oxygen atoms in total. The van der Waals surface area contributed by atoms with E-state index in [0.29, 0.717) is 37.4 Å². The van der Waals surface area contributed by atoms with E-state index in [2.05, 4.69) is 0 Å². The molecule has 1 saturated carbocycles. The molecule has 0 bridgehead atoms. The third-order valence-corrected chi connectivity index (χ3v) is 5.19. The van der Waals surface area contributed by atoms with Crippen LogP contribution < -0.4 is 0 Å². The Labute approximate surface area is 156 Å². The average molecular weight is 366 g/mol. The van der Waals surface area contributed by atoms with Crippen molar-refractivity contribution in [2.24, 2.45) is 11.8 Å². The molecule has 148 valence electrons. The molecule has 1 aliphatic carbocycles. The summed E-state index contributed by atoms with van der Waals surface area (Å²) in [7, 11) is 0. The molecule has 0 aliphatic heterocycles. The van der Waals surface area contributed by atoms with E-state index in [4.69, 9.17) is 5.11 Å². The molecule has 0 heterocycles. The second kappa shape index (κ2) is 12.8. The number of aliphatic carboxylic acids is 1. The zero-order valence-electron chi connectivity index (χ0n) is 15.8. The Balaban J connectivity index is 2.27. The van der Waals surface area contributed by atoms with Gasteiger partial charge in [0.25, 0.3) is 0 Å². The van der Waals surface area contributed by atoms with E-state index in [0.717, 1.165) is 32.1 Å². The van der Waals surface area contributed by atoms with E-state index in [1.807, 2.05) is 31.2 Å². The van der Waals surface area contributed by atoms with Crippen molar-refractivity contribution in [3.8, 4) is 0 Å². The first-order valence-electron chi connectivity index (χ1n) is 9.83. The molecule has 5 heteroatoms. The van der Waals surface area contributed by atoms with Gasteiger partial charge in [0.05, 0.1) is 6.10 Å². The molecule has 0 aromatic heterocycles. The Morgan fingerprint density at radius 3 is 2.65 bits per heavy atom. The van der Waals surface area contributed by atoms with Crippen LogP contribution in [0.25, 0.3) is 0 Å². The average Bonchev–Trinajstić information content (AvgIpc) is 2.95. The third-order valence-electron chi connectivity index (χ3n) is 5.19. The van der Waals surface area contributed by atoms with Gasteiger partial charge < -0.3 is 15.3 Å². The number of carbonyl (C=O) groups excluding carboxylic acids is 1. The molecule has 0 amide bonds. The van der Waals surface area contributed by atoms with Crippen molar-refractivity contribution in [3.05, 3.63) is 24.3 Å². The minimum Gasteiger partial charge on any atom is -0.479 e. The zero-order chi connectivity index (χ0) is 19.4. The minimum absolute atomic E-state index is 0.0866. The smallest absolute Gasteiger partial charge is 0.332 e. The predicted octanol–water partition coefficient (Wildman–Crippen LogP) is 3.64. The maximum absolute atomic E-state index is 12.1. The van der Waals surface area contributed by atoms with Crippen LogP contribution in [0.2, 0.25) is 0 Å². The van der Waals surface area contributed by atoms with E-state index in [-0.39, 0.29) is 18.4 Å². The first-order chi connectivity index (χ1) is 12.5. The summed E-state index contributed by atoms with van der Waals surface area (Å²) in [5.41, 5.74) is 0. The van der Waals surface area contributed by atoms with Crippen molar-refractivity contribution in [1.29, 1.82) is 0 Å². The van der Waals surface area contributed by atoms with Crippen molar-refractivity contribution >= 4 is 11.8 Å². The van der Waals surface area contributed by atoms with Gasteiger partial charge >= 0.3 is 5.97 Å². The number of Topliss-reactive ketones (excluding diaryl/α,β-unsaturated/α-hetero) is 1. The lowest BCUT2D eigenvalue weighted by Crippen LogP contribution is -2.18. The van der Waals surface area contributed by atoms with Crippen LogP contribution in [0.5, 0.6) is 0 Å². The normalized spacial score (nSPS) is 23.1. The van der Waals surface area contributed by atoms with Crippen molar-refractivity contribution in [3.63, 3.8) is 0 Å². The van der Waals surface area contributed by atoms with Crippen molar-refractivity contribution in [2.75, 3.05) is 0 Å². The molecule has 26 heavy (non-hydrogen) atoms. The maximum Gasteiger partial charge on any atom is 0.332 e. The second-order valence-corrected chi connectivity index (χ2v) is 7.25. The van der Waals surface area contributed by atoms with Crippen molar-refractivity contribution < 1.29 is 24.9 Å². The Morgan fingerprint density at radius 1 is 1.19 bits per heavy atom. The molecule has 1 fully saturated rings. The standard InChI is InChI=1S/C21H34O5/c1-2-3-10-17(22)11-8-9-16-14-15-19(23)18(16)12-6-4-5-7-13-20(24)21(25)26/h2-4,6,16-18,20,22,24H,5,7-15H2,1H3,(H,25,26)/t16-,17?,18+,20?/m0/s1. The summed E-state index contributed by atoms with van der Waals surface area (Å²) in [6, 6.07) is 0. The summed E-state index contributed by atoms with van der Waals surface area (Å²) in [5.74, 6) is -0.335. The molecule has 2 unspecified atom stereocenters. The summed E-state index contributed by atoms with van der Waals surface area (Å²) in [6.45, 7) is 1.95. The predicted molar refractivity (Wildman–Crippen MR) is 102 cm³/mol. The lowest BCUT2D eigenvalue weighted by molar-refractivity contribution is -0.146. The van der Waals surface area contributed by atoms with E-state index in [1.54, 1.807) is 0 Å². The van der Waals surface area contributed by atoms with Crippen LogP contribution in [0.4, 0.5) is 0 Å². The highest BCUT2D eigenvalue weighted by Crippen LogP contribution is 2.35. The fraction of sp³-hybridized carbons (Fsp3) is 0.714. The largest absolute Gasteiger partial charge is 0.479 e. The number of carboxylic acids is 1. The Bertz CT molecular complexity index is 483. The number of ketones is 1. The fourth-order valence-corrected chi connectivity index (χ4v) is 3.59. The van der Waals surface area contributed by atoms with Crippen molar-refractivity contribution in [1.82, 2.24) is 0 Å². The molecule has 1 rings (SSSR count). The van der Waals surface area contributed by atoms with Crippen LogP contribution in [-0.2, 0) is 9.59 Å². The highest BCUT2D eigenvalue weighted by atomic mass is 16.4. The number of carbonyl (C=O) groups is 2. The molecule has 1 aliphatic rings. The zero-order valence-corrected chi connectivity index (χ0v) is 15.8. The van der Waals surface area contributed by atoms with Crippen LogP contribution in [0, 0.1) is 11.8 Å². The highest BCUT2D eigenvalue weighted by Gasteiger charge is 2.33. The molecule has 4 atom stereocenters. The van der Waals surface area contributed by atoms with Gasteiger partial charge in [-0.25, -0.2) is 4.79 Å². The number of unbranched alkanes of at least 4 members (excludes halogenated alkanes) is 1. The van der Waals surface area contributed by atoms with E-state index in [9.17, 15) is 19.8 Å². The fourth-order valence-electron chi connectivity index (χ4n) is 3.59. The number of hydrogen-bond acceptors (Lipinski definition) is 4. The summed E-state index contributed by atoms with van der Waals surface area (Å²) < 4.78 is 0. The van der Waals surface area contributed by atoms with Gasteiger partial charge in [-0.15, -0.1) is 0 Å². The van der Waals surface area contributed by atoms with Crippen LogP contribution in [-0.4, -0.2) is 39.3 Å². The molecule has 0 saturated heterocycles. The molecule has 0 aromatic rings. The van der Waals surface area contributed by atoms with Gasteiger partial charge in [-0.05, 0) is 64.2 Å². The lowest BCUT2D eigenvalue weighted by atomic mass is 9.87. The number of aliphatic hydroxyl groups excluding tert-OH is 2. The molecule has 0 radical (unpaired) electrons. The Morgan fingerprint density at radius 2 is 1.96 bits per heavy atom. The monoisotopic (exact) mass is 366 g/mol. The van der Waals surface area contributed by atoms with Gasteiger partial charge in [0.2, 0.25) is 0 Å². The van der Waals surface area contributed by atoms with E-state index < -0.39 is 12.1 Å². The lowest BCUT2D eigenvalue weighted by Gasteiger charge is -2.17. The van der Waals surface area contributed by atoms with E-state index in [1.165, 1.54) is 0 Å². The van der Waals surface area contributed by atoms with Crippen molar-refractivity contribution in [2.45, 2.75) is 83.3 Å². The van der Waals surface area contributed by atoms with Crippen LogP contribution in [0.15, 0.2) is 24.3 Å². The maximum atomic E-state index is 12.1. The third kappa shape index (κ3) is 8.77. The summed E-state index contributed by atoms with van der Waals surface area (Å²) in [4.78, 5) is 22.6. The molecule has 3 N–H and O–H groups in total.